The summed E-state index contributed by atoms with van der Waals surface area (Å²) in [5.41, 5.74) is 5.07. The van der Waals surface area contributed by atoms with Crippen molar-refractivity contribution in [2.45, 2.75) is 19.9 Å². The Balaban J connectivity index is 1.43. The molecule has 4 heterocycles. The van der Waals surface area contributed by atoms with Gasteiger partial charge >= 0.3 is 6.03 Å². The summed E-state index contributed by atoms with van der Waals surface area (Å²) in [4.78, 5) is 20.0. The van der Waals surface area contributed by atoms with Crippen molar-refractivity contribution in [3.63, 3.8) is 0 Å². The van der Waals surface area contributed by atoms with Crippen LogP contribution < -0.4 is 10.6 Å². The fraction of sp³-hybridized carbons (Fsp3) is 0.385. The molecule has 10 heteroatoms. The van der Waals surface area contributed by atoms with E-state index >= 15 is 0 Å². The molecule has 1 aliphatic heterocycles. The highest BCUT2D eigenvalue weighted by molar-refractivity contribution is 5.91. The maximum atomic E-state index is 13.2. The van der Waals surface area contributed by atoms with Gasteiger partial charge in [0.2, 0.25) is 0 Å². The highest BCUT2D eigenvalue weighted by Gasteiger charge is 2.31. The predicted octanol–water partition coefficient (Wildman–Crippen LogP) is 3.22. The second-order valence-corrected chi connectivity index (χ2v) is 9.40. The Bertz CT molecular complexity index is 1360. The molecule has 0 saturated carbocycles. The number of ether oxygens (including phenoxy) is 1. The van der Waals surface area contributed by atoms with Crippen molar-refractivity contribution in [2.24, 2.45) is 13.0 Å². The van der Waals surface area contributed by atoms with Gasteiger partial charge in [0, 0.05) is 57.2 Å². The number of aromatic nitrogens is 5. The number of carbonyl (C=O) groups is 1. The molecule has 0 aliphatic carbocycles. The molecule has 2 N–H and O–H groups in total. The van der Waals surface area contributed by atoms with Gasteiger partial charge in [0.25, 0.3) is 0 Å². The molecule has 2 atom stereocenters. The predicted molar refractivity (Wildman–Crippen MR) is 139 cm³/mol. The van der Waals surface area contributed by atoms with Crippen molar-refractivity contribution in [3.05, 3.63) is 54.4 Å². The van der Waals surface area contributed by atoms with E-state index in [0.29, 0.717) is 18.3 Å². The fourth-order valence-electron chi connectivity index (χ4n) is 4.80. The molecule has 1 aromatic carbocycles. The number of methoxy groups -OCH3 is 1. The average molecular weight is 489 g/mol. The van der Waals surface area contributed by atoms with Crippen molar-refractivity contribution >= 4 is 22.9 Å². The first-order valence-corrected chi connectivity index (χ1v) is 12.2. The number of rotatable bonds is 7. The van der Waals surface area contributed by atoms with E-state index in [1.807, 2.05) is 50.4 Å². The third-order valence-corrected chi connectivity index (χ3v) is 6.84. The van der Waals surface area contributed by atoms with Crippen LogP contribution in [0, 0.1) is 12.8 Å². The largest absolute Gasteiger partial charge is 0.383 e. The van der Waals surface area contributed by atoms with E-state index in [4.69, 9.17) is 9.84 Å². The molecule has 0 spiro atoms. The number of pyridine rings is 1. The van der Waals surface area contributed by atoms with Crippen LogP contribution >= 0.6 is 0 Å². The van der Waals surface area contributed by atoms with Gasteiger partial charge in [-0.15, -0.1) is 0 Å². The van der Waals surface area contributed by atoms with Crippen molar-refractivity contribution in [3.8, 4) is 16.9 Å². The van der Waals surface area contributed by atoms with E-state index in [9.17, 15) is 4.79 Å². The van der Waals surface area contributed by atoms with Gasteiger partial charge in [0.05, 0.1) is 29.7 Å². The van der Waals surface area contributed by atoms with Gasteiger partial charge in [-0.1, -0.05) is 25.1 Å². The van der Waals surface area contributed by atoms with E-state index in [1.165, 1.54) is 0 Å². The molecule has 1 fully saturated rings. The van der Waals surface area contributed by atoms with Crippen molar-refractivity contribution in [1.29, 1.82) is 0 Å². The van der Waals surface area contributed by atoms with Crippen LogP contribution in [0.2, 0.25) is 0 Å². The first-order valence-electron chi connectivity index (χ1n) is 12.2. The Morgan fingerprint density at radius 2 is 2.00 bits per heavy atom. The van der Waals surface area contributed by atoms with E-state index in [1.54, 1.807) is 28.9 Å². The van der Waals surface area contributed by atoms with Crippen LogP contribution in [-0.4, -0.2) is 74.9 Å². The van der Waals surface area contributed by atoms with E-state index in [0.717, 1.165) is 53.2 Å². The molecule has 3 aromatic heterocycles. The van der Waals surface area contributed by atoms with Crippen LogP contribution in [0.1, 0.15) is 12.5 Å². The molecule has 10 nitrogen and oxygen atoms in total. The standard InChI is InChI=1S/C26H32N8O2/c1-17-15-33(10-11-36-4)16-22(17)29-26(35)30-25-18(2)24(31-34(25)20-8-6-5-7-9-20)19-12-23-21(27-13-19)14-28-32(23)3/h5-9,12-14,17,22H,10-11,15-16H2,1-4H3,(H2,29,30,35)/t17-,22-/m1/s1. The highest BCUT2D eigenvalue weighted by Crippen LogP contribution is 2.31. The van der Waals surface area contributed by atoms with Crippen molar-refractivity contribution in [1.82, 2.24) is 34.8 Å². The third-order valence-electron chi connectivity index (χ3n) is 6.84. The van der Waals surface area contributed by atoms with Gasteiger partial charge in [-0.2, -0.15) is 10.2 Å². The Morgan fingerprint density at radius 3 is 2.78 bits per heavy atom. The quantitative estimate of drug-likeness (QED) is 0.414. The SMILES string of the molecule is COCCN1C[C@@H](C)[C@H](NC(=O)Nc2c(C)c(-c3cnc4cnn(C)c4c3)nn2-c2ccccc2)C1. The summed E-state index contributed by atoms with van der Waals surface area (Å²) in [6.07, 6.45) is 3.54. The number of hydrogen-bond acceptors (Lipinski definition) is 6. The minimum absolute atomic E-state index is 0.0613. The number of carbonyl (C=O) groups excluding carboxylic acids is 1. The topological polar surface area (TPSA) is 102 Å². The Morgan fingerprint density at radius 1 is 1.19 bits per heavy atom. The lowest BCUT2D eigenvalue weighted by Crippen LogP contribution is -2.42. The van der Waals surface area contributed by atoms with Gasteiger partial charge in [0.15, 0.2) is 0 Å². The van der Waals surface area contributed by atoms with Crippen LogP contribution in [0.3, 0.4) is 0 Å². The number of hydrogen-bond donors (Lipinski definition) is 2. The summed E-state index contributed by atoms with van der Waals surface area (Å²) in [7, 11) is 3.60. The van der Waals surface area contributed by atoms with Crippen LogP contribution in [0.25, 0.3) is 28.0 Å². The molecule has 1 aliphatic rings. The number of para-hydroxylation sites is 1. The lowest BCUT2D eigenvalue weighted by Gasteiger charge is -2.18. The van der Waals surface area contributed by atoms with Crippen LogP contribution in [0.5, 0.6) is 0 Å². The molecule has 0 bridgehead atoms. The second kappa shape index (κ2) is 10.1. The molecule has 36 heavy (non-hydrogen) atoms. The van der Waals surface area contributed by atoms with Gasteiger partial charge < -0.3 is 10.1 Å². The number of likely N-dealkylation sites (tertiary alicyclic amines) is 1. The Hall–Kier alpha value is -3.76. The van der Waals surface area contributed by atoms with E-state index in [2.05, 4.69) is 32.5 Å². The molecule has 0 unspecified atom stereocenters. The number of aryl methyl sites for hydroxylation is 1. The molecule has 0 radical (unpaired) electrons. The zero-order chi connectivity index (χ0) is 25.2. The number of benzene rings is 1. The van der Waals surface area contributed by atoms with Gasteiger partial charge in [-0.05, 0) is 31.0 Å². The minimum Gasteiger partial charge on any atom is -0.383 e. The number of anilines is 1. The average Bonchev–Trinajstić information content (AvgIpc) is 3.53. The zero-order valence-electron chi connectivity index (χ0n) is 21.1. The number of amides is 2. The molecule has 5 rings (SSSR count). The van der Waals surface area contributed by atoms with Gasteiger partial charge in [-0.3, -0.25) is 19.9 Å². The summed E-state index contributed by atoms with van der Waals surface area (Å²) >= 11 is 0. The highest BCUT2D eigenvalue weighted by atomic mass is 16.5. The molecular weight excluding hydrogens is 456 g/mol. The molecular formula is C26H32N8O2. The lowest BCUT2D eigenvalue weighted by molar-refractivity contribution is 0.158. The molecule has 1 saturated heterocycles. The molecule has 188 valence electrons. The van der Waals surface area contributed by atoms with Crippen molar-refractivity contribution < 1.29 is 9.53 Å². The smallest absolute Gasteiger partial charge is 0.320 e. The maximum absolute atomic E-state index is 13.2. The summed E-state index contributed by atoms with van der Waals surface area (Å²) in [5.74, 6) is 0.973. The first kappa shape index (κ1) is 24.0. The zero-order valence-corrected chi connectivity index (χ0v) is 21.1. The maximum Gasteiger partial charge on any atom is 0.320 e. The summed E-state index contributed by atoms with van der Waals surface area (Å²) < 4.78 is 8.78. The summed E-state index contributed by atoms with van der Waals surface area (Å²) in [5, 5.41) is 15.4. The number of nitrogens with zero attached hydrogens (tertiary/aromatic N) is 6. The third kappa shape index (κ3) is 4.69. The second-order valence-electron chi connectivity index (χ2n) is 9.40. The normalized spacial score (nSPS) is 18.1. The number of urea groups is 1. The van der Waals surface area contributed by atoms with Gasteiger partial charge in [0.1, 0.15) is 11.3 Å². The molecule has 2 amide bonds. The van der Waals surface area contributed by atoms with Gasteiger partial charge in [-0.25, -0.2) is 9.48 Å². The Kier molecular flexibility index (Phi) is 6.71. The molecule has 4 aromatic rings. The summed E-state index contributed by atoms with van der Waals surface area (Å²) in [6, 6.07) is 11.6. The van der Waals surface area contributed by atoms with Crippen LogP contribution in [0.15, 0.2) is 48.8 Å². The van der Waals surface area contributed by atoms with E-state index in [-0.39, 0.29) is 12.1 Å². The lowest BCUT2D eigenvalue weighted by atomic mass is 10.1. The van der Waals surface area contributed by atoms with Crippen molar-refractivity contribution in [2.75, 3.05) is 38.7 Å². The van der Waals surface area contributed by atoms with Crippen LogP contribution in [-0.2, 0) is 11.8 Å². The van der Waals surface area contributed by atoms with E-state index < -0.39 is 0 Å². The first-order chi connectivity index (χ1) is 17.4. The van der Waals surface area contributed by atoms with Crippen LogP contribution in [0.4, 0.5) is 10.6 Å². The number of fused-ring (bicyclic) bond motifs is 1. The minimum atomic E-state index is -0.243. The fourth-order valence-corrected chi connectivity index (χ4v) is 4.80. The summed E-state index contributed by atoms with van der Waals surface area (Å²) in [6.45, 7) is 7.41. The monoisotopic (exact) mass is 488 g/mol. The Labute approximate surface area is 210 Å². The number of nitrogens with one attached hydrogen (secondary N) is 2.